The van der Waals surface area contributed by atoms with Crippen molar-refractivity contribution in [1.82, 2.24) is 14.8 Å². The van der Waals surface area contributed by atoms with Crippen molar-refractivity contribution in [3.05, 3.63) is 70.9 Å². The maximum Gasteiger partial charge on any atom is 0.225 e. The summed E-state index contributed by atoms with van der Waals surface area (Å²) in [5, 5.41) is 17.8. The number of carbonyl (C=O) groups is 1. The van der Waals surface area contributed by atoms with Crippen molar-refractivity contribution < 1.29 is 14.3 Å². The highest BCUT2D eigenvalue weighted by Gasteiger charge is 2.17. The van der Waals surface area contributed by atoms with Crippen molar-refractivity contribution >= 4 is 22.6 Å². The normalized spacial score (nSPS) is 10.7. The number of nitrogens with one attached hydrogen (secondary N) is 1. The molecule has 0 aliphatic rings. The first-order chi connectivity index (χ1) is 16.9. The molecule has 2 aromatic carbocycles. The van der Waals surface area contributed by atoms with Crippen molar-refractivity contribution in [2.75, 3.05) is 19.0 Å². The monoisotopic (exact) mass is 469 g/mol. The van der Waals surface area contributed by atoms with E-state index < -0.39 is 0 Å². The molecule has 4 aromatic rings. The van der Waals surface area contributed by atoms with Crippen LogP contribution in [0.25, 0.3) is 16.7 Å². The highest BCUT2D eigenvalue weighted by molar-refractivity contribution is 5.91. The molecule has 0 unspecified atom stereocenters. The zero-order valence-electron chi connectivity index (χ0n) is 20.3. The Morgan fingerprint density at radius 3 is 2.54 bits per heavy atom. The molecule has 0 spiro atoms. The molecule has 178 valence electrons. The van der Waals surface area contributed by atoms with Gasteiger partial charge in [0.15, 0.2) is 11.6 Å². The number of aryl methyl sites for hydroxylation is 3. The lowest BCUT2D eigenvalue weighted by molar-refractivity contribution is -0.116. The third kappa shape index (κ3) is 5.25. The van der Waals surface area contributed by atoms with Crippen LogP contribution in [-0.4, -0.2) is 34.4 Å². The summed E-state index contributed by atoms with van der Waals surface area (Å²) < 4.78 is 12.3. The van der Waals surface area contributed by atoms with E-state index in [1.807, 2.05) is 44.2 Å². The molecule has 1 N–H and O–H groups in total. The summed E-state index contributed by atoms with van der Waals surface area (Å²) in [6.07, 6.45) is 2.18. The van der Waals surface area contributed by atoms with Crippen molar-refractivity contribution in [3.63, 3.8) is 0 Å². The van der Waals surface area contributed by atoms with Crippen LogP contribution in [0.15, 0.2) is 48.7 Å². The summed E-state index contributed by atoms with van der Waals surface area (Å²) >= 11 is 0. The molecular weight excluding hydrogens is 442 g/mol. The summed E-state index contributed by atoms with van der Waals surface area (Å²) in [6, 6.07) is 15.5. The van der Waals surface area contributed by atoms with Gasteiger partial charge in [-0.05, 0) is 74.7 Å². The zero-order valence-corrected chi connectivity index (χ0v) is 20.3. The Labute approximate surface area is 204 Å². The smallest absolute Gasteiger partial charge is 0.225 e. The van der Waals surface area contributed by atoms with E-state index in [2.05, 4.69) is 35.5 Å². The van der Waals surface area contributed by atoms with Gasteiger partial charge >= 0.3 is 0 Å². The second-order valence-electron chi connectivity index (χ2n) is 8.38. The standard InChI is InChI=1S/C27H27N5O3/c1-17-12-19(3)26-23(13-17)18(2)14-24(30-26)32-27(20(15-28)16-29-32)31-25(33)6-5-11-35-22-9-7-21(34-4)8-10-22/h7-10,12-14,16H,5-6,11H2,1-4H3,(H,31,33). The van der Waals surface area contributed by atoms with Gasteiger partial charge in [-0.3, -0.25) is 4.79 Å². The van der Waals surface area contributed by atoms with Crippen LogP contribution in [-0.2, 0) is 4.79 Å². The molecule has 0 fully saturated rings. The molecule has 8 heteroatoms. The number of nitrogens with zero attached hydrogens (tertiary/aromatic N) is 4. The molecule has 0 atom stereocenters. The van der Waals surface area contributed by atoms with Gasteiger partial charge in [-0.25, -0.2) is 4.98 Å². The van der Waals surface area contributed by atoms with Crippen molar-refractivity contribution in [3.8, 4) is 23.4 Å². The van der Waals surface area contributed by atoms with Crippen LogP contribution < -0.4 is 14.8 Å². The first-order valence-corrected chi connectivity index (χ1v) is 11.3. The molecule has 2 aromatic heterocycles. The minimum atomic E-state index is -0.231. The van der Waals surface area contributed by atoms with Gasteiger partial charge in [0.1, 0.15) is 23.1 Å². The fourth-order valence-corrected chi connectivity index (χ4v) is 3.95. The molecule has 8 nitrogen and oxygen atoms in total. The van der Waals surface area contributed by atoms with Crippen LogP contribution in [0.5, 0.6) is 11.5 Å². The third-order valence-corrected chi connectivity index (χ3v) is 5.68. The molecule has 0 bridgehead atoms. The van der Waals surface area contributed by atoms with E-state index in [4.69, 9.17) is 14.5 Å². The molecule has 0 saturated carbocycles. The van der Waals surface area contributed by atoms with Gasteiger partial charge in [0.05, 0.1) is 25.4 Å². The minimum Gasteiger partial charge on any atom is -0.497 e. The maximum atomic E-state index is 12.7. The Balaban J connectivity index is 1.48. The molecule has 0 saturated heterocycles. The topological polar surface area (TPSA) is 102 Å². The van der Waals surface area contributed by atoms with Crippen molar-refractivity contribution in [2.45, 2.75) is 33.6 Å². The summed E-state index contributed by atoms with van der Waals surface area (Å²) in [5.41, 5.74) is 4.40. The van der Waals surface area contributed by atoms with Gasteiger partial charge in [0, 0.05) is 11.8 Å². The van der Waals surface area contributed by atoms with E-state index in [1.54, 1.807) is 7.11 Å². The number of amides is 1. The number of hydrogen-bond donors (Lipinski definition) is 1. The van der Waals surface area contributed by atoms with Gasteiger partial charge in [-0.2, -0.15) is 15.0 Å². The largest absolute Gasteiger partial charge is 0.497 e. The number of fused-ring (bicyclic) bond motifs is 1. The highest BCUT2D eigenvalue weighted by atomic mass is 16.5. The molecule has 0 aliphatic heterocycles. The molecule has 4 rings (SSSR count). The number of nitriles is 1. The molecular formula is C27H27N5O3. The predicted molar refractivity (Wildman–Crippen MR) is 134 cm³/mol. The molecule has 0 aliphatic carbocycles. The average molecular weight is 470 g/mol. The Morgan fingerprint density at radius 2 is 1.83 bits per heavy atom. The molecule has 35 heavy (non-hydrogen) atoms. The van der Waals surface area contributed by atoms with Gasteiger partial charge in [0.25, 0.3) is 0 Å². The number of anilines is 1. The molecule has 0 radical (unpaired) electrons. The van der Waals surface area contributed by atoms with Gasteiger partial charge in [-0.15, -0.1) is 0 Å². The Morgan fingerprint density at radius 1 is 1.09 bits per heavy atom. The number of benzene rings is 2. The number of ether oxygens (including phenoxy) is 2. The fraction of sp³-hybridized carbons (Fsp3) is 0.259. The summed E-state index contributed by atoms with van der Waals surface area (Å²) in [4.78, 5) is 17.5. The Kier molecular flexibility index (Phi) is 6.97. The van der Waals surface area contributed by atoms with E-state index in [0.717, 1.165) is 27.8 Å². The third-order valence-electron chi connectivity index (χ3n) is 5.68. The molecule has 1 amide bonds. The lowest BCUT2D eigenvalue weighted by atomic mass is 10.0. The number of rotatable bonds is 8. The summed E-state index contributed by atoms with van der Waals surface area (Å²) in [5.74, 6) is 2.08. The number of hydrogen-bond acceptors (Lipinski definition) is 6. The number of carbonyl (C=O) groups excluding carboxylic acids is 1. The second kappa shape index (κ2) is 10.3. The first-order valence-electron chi connectivity index (χ1n) is 11.3. The molecule has 2 heterocycles. The lowest BCUT2D eigenvalue weighted by Gasteiger charge is -2.13. The predicted octanol–water partition coefficient (Wildman–Crippen LogP) is 5.02. The highest BCUT2D eigenvalue weighted by Crippen LogP contribution is 2.26. The van der Waals surface area contributed by atoms with E-state index >= 15 is 0 Å². The van der Waals surface area contributed by atoms with Crippen LogP contribution in [0, 0.1) is 32.1 Å². The second-order valence-corrected chi connectivity index (χ2v) is 8.38. The number of aromatic nitrogens is 3. The van der Waals surface area contributed by atoms with Crippen molar-refractivity contribution in [2.24, 2.45) is 0 Å². The average Bonchev–Trinajstić information content (AvgIpc) is 3.25. The first kappa shape index (κ1) is 23.8. The van der Waals surface area contributed by atoms with E-state index in [9.17, 15) is 10.1 Å². The van der Waals surface area contributed by atoms with Crippen LogP contribution in [0.3, 0.4) is 0 Å². The van der Waals surface area contributed by atoms with Gasteiger partial charge in [0.2, 0.25) is 5.91 Å². The number of pyridine rings is 1. The SMILES string of the molecule is COc1ccc(OCCCC(=O)Nc2c(C#N)cnn2-c2cc(C)c3cc(C)cc(C)c3n2)cc1. The van der Waals surface area contributed by atoms with E-state index in [0.29, 0.717) is 30.4 Å². The van der Waals surface area contributed by atoms with Crippen LogP contribution >= 0.6 is 0 Å². The Hall–Kier alpha value is -4.38. The van der Waals surface area contributed by atoms with Gasteiger partial charge < -0.3 is 14.8 Å². The van der Waals surface area contributed by atoms with Gasteiger partial charge in [-0.1, -0.05) is 11.6 Å². The van der Waals surface area contributed by atoms with Crippen LogP contribution in [0.2, 0.25) is 0 Å². The van der Waals surface area contributed by atoms with E-state index in [1.165, 1.54) is 16.4 Å². The zero-order chi connectivity index (χ0) is 24.9. The minimum absolute atomic E-state index is 0.231. The fourth-order valence-electron chi connectivity index (χ4n) is 3.95. The maximum absolute atomic E-state index is 12.7. The quantitative estimate of drug-likeness (QED) is 0.363. The van der Waals surface area contributed by atoms with Crippen LogP contribution in [0.1, 0.15) is 35.1 Å². The van der Waals surface area contributed by atoms with Crippen LogP contribution in [0.4, 0.5) is 5.82 Å². The summed E-state index contributed by atoms with van der Waals surface area (Å²) in [6.45, 7) is 6.48. The Bertz CT molecular complexity index is 1420. The number of methoxy groups -OCH3 is 1. The van der Waals surface area contributed by atoms with Crippen molar-refractivity contribution in [1.29, 1.82) is 5.26 Å². The summed E-state index contributed by atoms with van der Waals surface area (Å²) in [7, 11) is 1.61. The lowest BCUT2D eigenvalue weighted by Crippen LogP contribution is -2.17. The van der Waals surface area contributed by atoms with E-state index in [-0.39, 0.29) is 17.9 Å².